The van der Waals surface area contributed by atoms with Crippen LogP contribution in [0, 0.1) is 58.2 Å². The van der Waals surface area contributed by atoms with Crippen molar-refractivity contribution in [2.24, 2.45) is 58.2 Å². The number of carbonyl (C=O) groups excluding carboxylic acids is 8. The lowest BCUT2D eigenvalue weighted by molar-refractivity contribution is -0.197. The van der Waals surface area contributed by atoms with Gasteiger partial charge in [0.05, 0.1) is 97.6 Å². The monoisotopic (exact) mass is 1720 g/mol. The standard InChI is InChI=1S/2C44H59F2N3O10S/c2*1-9-57-36-20-28-19-30(56-8)14-15-32(28)38(47-36)58-31-21-34-35(50)24-44(40(53)48-60(54,55)42(6)16-17-42)23-29(44)13-11-10-12-26(2)18-27(3)33(39(52)49(34)25-31)22-37(51)59-41(4,5)43(7,45)46/h2*11,13-15,19-20,26-27,29,31,33-34H,9-10,12,16-18,21-25H2,1-8H3,(H,48,53)/b2*13-11-/t26-,27+,29+,31+,33-,34-,44+;26-,27-,29-,31-,33+,34+,44-/m01/s1. The molecule has 2 aromatic heterocycles. The molecule has 6 heterocycles. The Labute approximate surface area is 700 Å². The first-order valence-corrected chi connectivity index (χ1v) is 44.9. The first-order valence-electron chi connectivity index (χ1n) is 41.9. The van der Waals surface area contributed by atoms with Crippen LogP contribution in [0.25, 0.3) is 21.5 Å². The van der Waals surface area contributed by atoms with Crippen LogP contribution in [0.5, 0.6) is 35.0 Å². The fourth-order valence-electron chi connectivity index (χ4n) is 16.9. The number of ketones is 2. The summed E-state index contributed by atoms with van der Waals surface area (Å²) in [7, 11) is -4.95. The van der Waals surface area contributed by atoms with Crippen molar-refractivity contribution < 1.29 is 111 Å². The minimum atomic E-state index is -4.02. The molecule has 2 N–H and O–H groups in total. The Kier molecular flexibility index (Phi) is 27.1. The molecule has 0 spiro atoms. The largest absolute Gasteiger partial charge is 0.497 e. The summed E-state index contributed by atoms with van der Waals surface area (Å²) in [5, 5.41) is 2.66. The van der Waals surface area contributed by atoms with Gasteiger partial charge in [0.1, 0.15) is 23.7 Å². The maximum absolute atomic E-state index is 15.0. The summed E-state index contributed by atoms with van der Waals surface area (Å²) in [6.07, 6.45) is 10.2. The van der Waals surface area contributed by atoms with Crippen LogP contribution in [0.1, 0.15) is 213 Å². The first kappa shape index (κ1) is 92.0. The van der Waals surface area contributed by atoms with E-state index >= 15 is 0 Å². The number of sulfonamides is 2. The highest BCUT2D eigenvalue weighted by atomic mass is 32.2. The van der Waals surface area contributed by atoms with E-state index in [2.05, 4.69) is 19.4 Å². The molecule has 26 nitrogen and oxygen atoms in total. The number of halogens is 4. The second-order valence-corrected chi connectivity index (χ2v) is 40.9. The number of carbonyl (C=O) groups is 8. The van der Waals surface area contributed by atoms with Crippen molar-refractivity contribution in [1.29, 1.82) is 0 Å². The molecule has 0 bridgehead atoms. The van der Waals surface area contributed by atoms with Gasteiger partial charge in [-0.05, 0) is 215 Å². The van der Waals surface area contributed by atoms with Gasteiger partial charge in [0.15, 0.2) is 22.8 Å². The first-order chi connectivity index (χ1) is 56.0. The maximum atomic E-state index is 15.0. The SMILES string of the molecule is CCOc1cc2cc(OC)ccc2c(O[C@@H]2C[C@H]3C(=O)C[C@]4(C(=O)NS(=O)(=O)C5(C)CC5)C[C@H]4/C=C\CC[C@@H](C)C[C@@H](C)[C@H](CC(=O)OC(C)(C)C(C)(F)F)C(=O)N3C2)n1.CCOc1cc2cc(OC)ccc2c(O[C@@H]2C[C@H]3C(=O)C[C@]4(C(=O)NS(=O)(=O)C5(C)CC5)C[C@H]4/C=C\CC[C@H](C)C[C@@H](C)[C@H](CC(=O)OC(C)(C)C(C)(F)F)C(=O)N3C2)n1. The van der Waals surface area contributed by atoms with Crippen LogP contribution in [0.4, 0.5) is 17.6 Å². The number of Topliss-reactive ketones (excluding diaryl/α,β-unsaturated/α-hetero) is 2. The summed E-state index contributed by atoms with van der Waals surface area (Å²) in [5.74, 6) is -13.7. The molecule has 660 valence electrons. The van der Waals surface area contributed by atoms with Crippen LogP contribution in [-0.2, 0) is 67.9 Å². The lowest BCUT2D eigenvalue weighted by atomic mass is 9.82. The molecule has 2 saturated heterocycles. The molecule has 32 heteroatoms. The predicted octanol–water partition coefficient (Wildman–Crippen LogP) is 13.9. The number of methoxy groups -OCH3 is 2. The quantitative estimate of drug-likeness (QED) is 0.0374. The number of aromatic nitrogens is 2. The topological polar surface area (TPSA) is 335 Å². The van der Waals surface area contributed by atoms with Gasteiger partial charge in [0.25, 0.3) is 11.8 Å². The van der Waals surface area contributed by atoms with Crippen molar-refractivity contribution in [3.8, 4) is 35.0 Å². The van der Waals surface area contributed by atoms with E-state index in [1.165, 1.54) is 9.80 Å². The Balaban J connectivity index is 0.000000235. The van der Waals surface area contributed by atoms with Crippen molar-refractivity contribution in [3.63, 3.8) is 0 Å². The fraction of sp³-hybridized carbons (Fsp3) is 0.659. The van der Waals surface area contributed by atoms with Crippen LogP contribution in [-0.4, -0.2) is 181 Å². The van der Waals surface area contributed by atoms with Gasteiger partial charge in [0, 0.05) is 62.4 Å². The molecule has 4 aromatic rings. The molecule has 6 fully saturated rings. The van der Waals surface area contributed by atoms with Gasteiger partial charge < -0.3 is 47.7 Å². The van der Waals surface area contributed by atoms with Crippen molar-refractivity contribution in [2.75, 3.05) is 40.5 Å². The molecule has 0 unspecified atom stereocenters. The van der Waals surface area contributed by atoms with E-state index in [0.29, 0.717) is 124 Å². The van der Waals surface area contributed by atoms with E-state index < -0.39 is 183 Å². The molecule has 4 saturated carbocycles. The lowest BCUT2D eigenvalue weighted by Crippen LogP contribution is -2.49. The molecule has 2 aromatic carbocycles. The van der Waals surface area contributed by atoms with Crippen molar-refractivity contribution in [1.82, 2.24) is 29.2 Å². The number of hydrogen-bond donors (Lipinski definition) is 2. The second kappa shape index (κ2) is 35.3. The summed E-state index contributed by atoms with van der Waals surface area (Å²) in [4.78, 5) is 127. The van der Waals surface area contributed by atoms with Gasteiger partial charge in [-0.1, -0.05) is 52.0 Å². The molecular formula is C88H118F4N6O20S2. The van der Waals surface area contributed by atoms with Crippen LogP contribution in [0.3, 0.4) is 0 Å². The van der Waals surface area contributed by atoms with Gasteiger partial charge >= 0.3 is 11.9 Å². The van der Waals surface area contributed by atoms with E-state index in [0.717, 1.165) is 27.7 Å². The summed E-state index contributed by atoms with van der Waals surface area (Å²) in [5.41, 5.74) is -7.03. The van der Waals surface area contributed by atoms with Gasteiger partial charge in [-0.15, -0.1) is 0 Å². The highest BCUT2D eigenvalue weighted by Gasteiger charge is 2.65. The number of pyridine rings is 2. The Morgan fingerprint density at radius 2 is 0.900 bits per heavy atom. The molecular weight excluding hydrogens is 1600 g/mol. The van der Waals surface area contributed by atoms with Crippen LogP contribution in [0.15, 0.2) is 72.8 Å². The Hall–Kier alpha value is -8.68. The fourth-order valence-corrected chi connectivity index (χ4v) is 19.6. The van der Waals surface area contributed by atoms with Crippen molar-refractivity contribution >= 4 is 88.7 Å². The van der Waals surface area contributed by atoms with E-state index in [1.54, 1.807) is 76.6 Å². The molecule has 8 aliphatic rings. The van der Waals surface area contributed by atoms with Gasteiger partial charge in [-0.3, -0.25) is 47.8 Å². The number of nitrogens with one attached hydrogen (secondary N) is 2. The number of amides is 4. The minimum absolute atomic E-state index is 0.00558. The third kappa shape index (κ3) is 20.3. The number of hydrogen-bond acceptors (Lipinski definition) is 22. The number of alkyl halides is 4. The average molecular weight is 1720 g/mol. The number of ether oxygens (including phenoxy) is 8. The van der Waals surface area contributed by atoms with E-state index in [-0.39, 0.29) is 87.0 Å². The number of esters is 2. The minimum Gasteiger partial charge on any atom is -0.497 e. The summed E-state index contributed by atoms with van der Waals surface area (Å²) < 4.78 is 160. The normalized spacial score (nSPS) is 29.0. The highest BCUT2D eigenvalue weighted by molar-refractivity contribution is 7.92. The molecule has 4 amide bonds. The van der Waals surface area contributed by atoms with Gasteiger partial charge in [-0.25, -0.2) is 34.4 Å². The van der Waals surface area contributed by atoms with Crippen molar-refractivity contribution in [3.05, 3.63) is 72.8 Å². The van der Waals surface area contributed by atoms with Gasteiger partial charge in [0.2, 0.25) is 67.2 Å². The Morgan fingerprint density at radius 3 is 1.23 bits per heavy atom. The Morgan fingerprint density at radius 1 is 0.542 bits per heavy atom. The summed E-state index contributed by atoms with van der Waals surface area (Å²) in [6, 6.07) is 11.9. The predicted molar refractivity (Wildman–Crippen MR) is 438 cm³/mol. The van der Waals surface area contributed by atoms with E-state index in [4.69, 9.17) is 37.9 Å². The number of nitrogens with zero attached hydrogens (tertiary/aromatic N) is 4. The van der Waals surface area contributed by atoms with Crippen LogP contribution in [0.2, 0.25) is 0 Å². The number of benzene rings is 2. The molecule has 12 rings (SSSR count). The summed E-state index contributed by atoms with van der Waals surface area (Å²) >= 11 is 0. The highest BCUT2D eigenvalue weighted by Crippen LogP contribution is 2.60. The second-order valence-electron chi connectivity index (χ2n) is 36.5. The zero-order chi connectivity index (χ0) is 88.0. The summed E-state index contributed by atoms with van der Waals surface area (Å²) in [6.45, 7) is 20.7. The molecule has 14 atom stereocenters. The Bertz CT molecular complexity index is 4570. The third-order valence-corrected chi connectivity index (χ3v) is 30.6. The third-order valence-electron chi connectivity index (χ3n) is 26.3. The molecule has 4 aliphatic carbocycles. The number of allylic oxidation sites excluding steroid dienone is 4. The zero-order valence-electron chi connectivity index (χ0n) is 71.7. The number of rotatable bonds is 24. The zero-order valence-corrected chi connectivity index (χ0v) is 73.3. The van der Waals surface area contributed by atoms with Crippen LogP contribution < -0.4 is 37.9 Å². The van der Waals surface area contributed by atoms with Gasteiger partial charge in [-0.2, -0.15) is 9.97 Å². The lowest BCUT2D eigenvalue weighted by Gasteiger charge is -2.34. The van der Waals surface area contributed by atoms with E-state index in [1.807, 2.05) is 65.8 Å². The molecule has 0 radical (unpaired) electrons. The smallest absolute Gasteiger partial charge is 0.307 e. The van der Waals surface area contributed by atoms with Crippen LogP contribution >= 0.6 is 0 Å². The maximum Gasteiger partial charge on any atom is 0.307 e. The molecule has 120 heavy (non-hydrogen) atoms. The number of fused-ring (bicyclic) bond motifs is 6. The van der Waals surface area contributed by atoms with E-state index in [9.17, 15) is 72.8 Å². The van der Waals surface area contributed by atoms with Crippen molar-refractivity contribution in [2.45, 2.75) is 269 Å². The average Bonchev–Trinajstić information content (AvgIpc) is 1.57. The molecule has 4 aliphatic heterocycles.